The zero-order valence-corrected chi connectivity index (χ0v) is 17.7. The predicted octanol–water partition coefficient (Wildman–Crippen LogP) is 4.87. The Morgan fingerprint density at radius 1 is 1.13 bits per heavy atom. The average molecular weight is 457 g/mol. The number of rotatable bonds is 5. The van der Waals surface area contributed by atoms with Crippen molar-refractivity contribution in [2.45, 2.75) is 5.03 Å². The van der Waals surface area contributed by atoms with E-state index in [4.69, 9.17) is 21.1 Å². The molecule has 0 spiro atoms. The summed E-state index contributed by atoms with van der Waals surface area (Å²) in [4.78, 5) is 21.1. The highest BCUT2D eigenvalue weighted by Gasteiger charge is 2.17. The van der Waals surface area contributed by atoms with Crippen molar-refractivity contribution < 1.29 is 14.3 Å². The number of thioether (sulfide) groups is 1. The van der Waals surface area contributed by atoms with Crippen LogP contribution in [0.2, 0.25) is 5.02 Å². The van der Waals surface area contributed by atoms with Gasteiger partial charge in [0.25, 0.3) is 0 Å². The van der Waals surface area contributed by atoms with Gasteiger partial charge in [-0.1, -0.05) is 35.5 Å². The zero-order valence-electron chi connectivity index (χ0n) is 15.3. The summed E-state index contributed by atoms with van der Waals surface area (Å²) in [6.07, 6.45) is 1.49. The van der Waals surface area contributed by atoms with E-state index in [-0.39, 0.29) is 18.5 Å². The monoisotopic (exact) mass is 456 g/mol. The lowest BCUT2D eigenvalue weighted by Gasteiger charge is -2.06. The molecular weight excluding hydrogens is 444 g/mol. The Balaban J connectivity index is 1.31. The van der Waals surface area contributed by atoms with Crippen LogP contribution in [0.15, 0.2) is 53.8 Å². The second kappa shape index (κ2) is 8.10. The third kappa shape index (κ3) is 3.79. The van der Waals surface area contributed by atoms with E-state index in [0.29, 0.717) is 22.2 Å². The number of hydrogen-bond acceptors (Lipinski definition) is 8. The van der Waals surface area contributed by atoms with Gasteiger partial charge in [0, 0.05) is 22.3 Å². The van der Waals surface area contributed by atoms with Gasteiger partial charge in [-0.05, 0) is 35.8 Å². The summed E-state index contributed by atoms with van der Waals surface area (Å²) in [5.74, 6) is 1.35. The highest BCUT2D eigenvalue weighted by atomic mass is 35.5. The van der Waals surface area contributed by atoms with E-state index in [1.54, 1.807) is 18.2 Å². The fraction of sp³-hybridized carbons (Fsp3) is 0.100. The third-order valence-electron chi connectivity index (χ3n) is 4.34. The van der Waals surface area contributed by atoms with Crippen molar-refractivity contribution in [3.8, 4) is 22.8 Å². The number of hydrogen-bond donors (Lipinski definition) is 1. The van der Waals surface area contributed by atoms with E-state index >= 15 is 0 Å². The molecule has 0 unspecified atom stereocenters. The van der Waals surface area contributed by atoms with Gasteiger partial charge >= 0.3 is 0 Å². The minimum Gasteiger partial charge on any atom is -0.454 e. The molecule has 0 saturated carbocycles. The van der Waals surface area contributed by atoms with E-state index in [9.17, 15) is 4.79 Å². The number of carbonyl (C=O) groups is 1. The molecule has 30 heavy (non-hydrogen) atoms. The van der Waals surface area contributed by atoms with Crippen molar-refractivity contribution in [1.29, 1.82) is 0 Å². The van der Waals surface area contributed by atoms with Gasteiger partial charge in [-0.3, -0.25) is 4.79 Å². The Kier molecular flexibility index (Phi) is 5.16. The molecule has 0 atom stereocenters. The van der Waals surface area contributed by atoms with Crippen molar-refractivity contribution in [3.63, 3.8) is 0 Å². The Hall–Kier alpha value is -2.88. The lowest BCUT2D eigenvalue weighted by Crippen LogP contribution is -2.14. The number of fused-ring (bicyclic) bond motifs is 2. The zero-order chi connectivity index (χ0) is 20.5. The van der Waals surface area contributed by atoms with Crippen molar-refractivity contribution in [1.82, 2.24) is 14.3 Å². The molecule has 0 radical (unpaired) electrons. The van der Waals surface area contributed by atoms with Crippen LogP contribution in [0.4, 0.5) is 5.69 Å². The van der Waals surface area contributed by atoms with Crippen molar-refractivity contribution >= 4 is 56.7 Å². The molecule has 10 heteroatoms. The van der Waals surface area contributed by atoms with Gasteiger partial charge in [0.05, 0.1) is 5.75 Å². The van der Waals surface area contributed by atoms with Crippen molar-refractivity contribution in [3.05, 3.63) is 53.8 Å². The topological polar surface area (TPSA) is 86.2 Å². The summed E-state index contributed by atoms with van der Waals surface area (Å²) in [5, 5.41) is 4.25. The van der Waals surface area contributed by atoms with Crippen LogP contribution in [-0.2, 0) is 4.79 Å². The molecule has 0 bridgehead atoms. The summed E-state index contributed by atoms with van der Waals surface area (Å²) in [6, 6.07) is 12.7. The molecule has 1 aliphatic rings. The highest BCUT2D eigenvalue weighted by Crippen LogP contribution is 2.36. The summed E-state index contributed by atoms with van der Waals surface area (Å²) in [7, 11) is 0. The SMILES string of the molecule is O=C(CSc1ncnc2c(-c3ccc(Cl)cc3)nsc12)Nc1ccc2c(c1)OCO2. The van der Waals surface area contributed by atoms with Gasteiger partial charge in [0.15, 0.2) is 11.5 Å². The molecule has 2 aromatic carbocycles. The first-order chi connectivity index (χ1) is 14.7. The smallest absolute Gasteiger partial charge is 0.234 e. The summed E-state index contributed by atoms with van der Waals surface area (Å²) in [5.41, 5.74) is 3.12. The maximum Gasteiger partial charge on any atom is 0.234 e. The minimum atomic E-state index is -0.145. The standard InChI is InChI=1S/C20H13ClN4O3S2/c21-12-3-1-11(2-4-12)17-18-19(30-25-17)20(23-9-22-18)29-8-16(26)24-13-5-6-14-15(7-13)28-10-27-14/h1-7,9H,8,10H2,(H,24,26). The third-order valence-corrected chi connectivity index (χ3v) is 6.55. The molecule has 1 amide bonds. The number of aromatic nitrogens is 3. The number of ether oxygens (including phenoxy) is 2. The first-order valence-corrected chi connectivity index (χ1v) is 11.0. The Morgan fingerprint density at radius 3 is 2.83 bits per heavy atom. The van der Waals surface area contributed by atoms with Crippen molar-refractivity contribution in [2.24, 2.45) is 0 Å². The molecular formula is C20H13ClN4O3S2. The molecule has 5 rings (SSSR count). The molecule has 150 valence electrons. The van der Waals surface area contributed by atoms with Crippen LogP contribution in [0, 0.1) is 0 Å². The number of anilines is 1. The Labute approximate surface area is 184 Å². The first-order valence-electron chi connectivity index (χ1n) is 8.86. The normalized spacial score (nSPS) is 12.3. The number of benzene rings is 2. The molecule has 1 aliphatic heterocycles. The number of halogens is 1. The number of carbonyl (C=O) groups excluding carboxylic acids is 1. The van der Waals surface area contributed by atoms with Crippen molar-refractivity contribution in [2.75, 3.05) is 17.9 Å². The van der Waals surface area contributed by atoms with Gasteiger partial charge in [0.1, 0.15) is 27.3 Å². The first kappa shape index (κ1) is 19.1. The number of nitrogens with zero attached hydrogens (tertiary/aromatic N) is 3. The second-order valence-corrected chi connectivity index (χ2v) is 8.47. The van der Waals surface area contributed by atoms with Crippen LogP contribution in [0.3, 0.4) is 0 Å². The van der Waals surface area contributed by atoms with Gasteiger partial charge in [-0.15, -0.1) is 0 Å². The van der Waals surface area contributed by atoms with Gasteiger partial charge < -0.3 is 14.8 Å². The average Bonchev–Trinajstić information content (AvgIpc) is 3.39. The second-order valence-electron chi connectivity index (χ2n) is 6.30. The van der Waals surface area contributed by atoms with Crippen LogP contribution in [-0.4, -0.2) is 32.8 Å². The lowest BCUT2D eigenvalue weighted by molar-refractivity contribution is -0.113. The van der Waals surface area contributed by atoms with Crippen LogP contribution in [0.25, 0.3) is 21.5 Å². The molecule has 0 aliphatic carbocycles. The maximum absolute atomic E-state index is 12.4. The molecule has 3 heterocycles. The molecule has 4 aromatic rings. The van der Waals surface area contributed by atoms with Crippen LogP contribution in [0.1, 0.15) is 0 Å². The summed E-state index contributed by atoms with van der Waals surface area (Å²) < 4.78 is 16.0. The van der Waals surface area contributed by atoms with Gasteiger partial charge in [-0.2, -0.15) is 4.37 Å². The fourth-order valence-corrected chi connectivity index (χ4v) is 4.79. The van der Waals surface area contributed by atoms with E-state index in [1.165, 1.54) is 29.6 Å². The molecule has 0 saturated heterocycles. The van der Waals surface area contributed by atoms with Crippen LogP contribution >= 0.6 is 34.9 Å². The Morgan fingerprint density at radius 2 is 1.97 bits per heavy atom. The van der Waals surface area contributed by atoms with E-state index < -0.39 is 0 Å². The van der Waals surface area contributed by atoms with E-state index in [2.05, 4.69) is 19.7 Å². The van der Waals surface area contributed by atoms with E-state index in [0.717, 1.165) is 26.5 Å². The lowest BCUT2D eigenvalue weighted by atomic mass is 10.1. The summed E-state index contributed by atoms with van der Waals surface area (Å²) >= 11 is 8.64. The van der Waals surface area contributed by atoms with Crippen LogP contribution in [0.5, 0.6) is 11.5 Å². The number of amides is 1. The minimum absolute atomic E-state index is 0.145. The Bertz CT molecular complexity index is 1250. The highest BCUT2D eigenvalue weighted by molar-refractivity contribution is 8.00. The molecule has 7 nitrogen and oxygen atoms in total. The maximum atomic E-state index is 12.4. The fourth-order valence-electron chi connectivity index (χ4n) is 2.95. The van der Waals surface area contributed by atoms with Crippen LogP contribution < -0.4 is 14.8 Å². The van der Waals surface area contributed by atoms with Gasteiger partial charge in [0.2, 0.25) is 12.7 Å². The molecule has 0 fully saturated rings. The molecule has 2 aromatic heterocycles. The summed E-state index contributed by atoms with van der Waals surface area (Å²) in [6.45, 7) is 0.194. The van der Waals surface area contributed by atoms with E-state index in [1.807, 2.05) is 24.3 Å². The predicted molar refractivity (Wildman–Crippen MR) is 118 cm³/mol. The quantitative estimate of drug-likeness (QED) is 0.338. The largest absolute Gasteiger partial charge is 0.454 e. The number of nitrogens with one attached hydrogen (secondary N) is 1. The van der Waals surface area contributed by atoms with Gasteiger partial charge in [-0.25, -0.2) is 9.97 Å². The molecule has 1 N–H and O–H groups in total.